The molecule has 1 aliphatic rings. The van der Waals surface area contributed by atoms with Crippen molar-refractivity contribution in [3.05, 3.63) is 83.1 Å². The summed E-state index contributed by atoms with van der Waals surface area (Å²) in [6.45, 7) is 3.49. The van der Waals surface area contributed by atoms with Crippen LogP contribution in [0.15, 0.2) is 72.0 Å². The molecular formula is C23H24ClNO4. The monoisotopic (exact) mass is 413 g/mol. The molecule has 2 aromatic carbocycles. The van der Waals surface area contributed by atoms with E-state index in [9.17, 15) is 9.59 Å². The number of benzene rings is 2. The van der Waals surface area contributed by atoms with Gasteiger partial charge in [0.25, 0.3) is 5.91 Å². The number of rotatable bonds is 7. The lowest BCUT2D eigenvalue weighted by Crippen LogP contribution is -2.57. The zero-order valence-electron chi connectivity index (χ0n) is 16.6. The topological polar surface area (TPSA) is 55.8 Å². The van der Waals surface area contributed by atoms with Crippen molar-refractivity contribution in [2.75, 3.05) is 19.0 Å². The molecule has 0 fully saturated rings. The fourth-order valence-electron chi connectivity index (χ4n) is 3.62. The third kappa shape index (κ3) is 4.01. The van der Waals surface area contributed by atoms with Crippen LogP contribution in [0.25, 0.3) is 0 Å². The summed E-state index contributed by atoms with van der Waals surface area (Å²) in [4.78, 5) is 27.4. The lowest BCUT2D eigenvalue weighted by molar-refractivity contribution is -0.172. The Morgan fingerprint density at radius 1 is 1.07 bits per heavy atom. The van der Waals surface area contributed by atoms with Crippen molar-refractivity contribution in [1.82, 2.24) is 4.90 Å². The van der Waals surface area contributed by atoms with Crippen LogP contribution >= 0.6 is 11.6 Å². The highest BCUT2D eigenvalue weighted by atomic mass is 35.5. The molecule has 1 heterocycles. The molecule has 2 aromatic rings. The maximum atomic E-state index is 13.5. The van der Waals surface area contributed by atoms with Crippen molar-refractivity contribution in [1.29, 1.82) is 0 Å². The number of amides is 1. The van der Waals surface area contributed by atoms with Crippen LogP contribution in [0.5, 0.6) is 0 Å². The first-order valence-electron chi connectivity index (χ1n) is 9.58. The Labute approximate surface area is 175 Å². The Morgan fingerprint density at radius 3 is 2.10 bits per heavy atom. The van der Waals surface area contributed by atoms with Gasteiger partial charge in [-0.05, 0) is 20.3 Å². The lowest BCUT2D eigenvalue weighted by Gasteiger charge is -2.47. The van der Waals surface area contributed by atoms with Crippen LogP contribution in [0, 0.1) is 0 Å². The van der Waals surface area contributed by atoms with E-state index in [2.05, 4.69) is 0 Å². The minimum Gasteiger partial charge on any atom is -0.465 e. The van der Waals surface area contributed by atoms with E-state index >= 15 is 0 Å². The number of hydrogen-bond acceptors (Lipinski definition) is 4. The molecule has 1 amide bonds. The highest BCUT2D eigenvalue weighted by molar-refractivity contribution is 6.18. The largest absolute Gasteiger partial charge is 0.465 e. The molecule has 5 nitrogen and oxygen atoms in total. The van der Waals surface area contributed by atoms with Gasteiger partial charge in [-0.2, -0.15) is 0 Å². The molecule has 0 bridgehead atoms. The first-order chi connectivity index (χ1) is 14.0. The Bertz CT molecular complexity index is 856. The number of carbonyl (C=O) groups is 2. The number of hydrogen-bond donors (Lipinski definition) is 0. The van der Waals surface area contributed by atoms with E-state index in [0.29, 0.717) is 17.8 Å². The highest BCUT2D eigenvalue weighted by Crippen LogP contribution is 2.44. The molecule has 0 aliphatic carbocycles. The van der Waals surface area contributed by atoms with Gasteiger partial charge in [0, 0.05) is 17.0 Å². The molecule has 1 aliphatic heterocycles. The molecule has 0 saturated carbocycles. The lowest BCUT2D eigenvalue weighted by atomic mass is 9.89. The summed E-state index contributed by atoms with van der Waals surface area (Å²) in [6, 6.07) is 18.8. The molecular weight excluding hydrogens is 390 g/mol. The number of alkyl halides is 1. The quantitative estimate of drug-likeness (QED) is 0.504. The Hall–Kier alpha value is -2.79. The van der Waals surface area contributed by atoms with Gasteiger partial charge in [-0.25, -0.2) is 0 Å². The normalized spacial score (nSPS) is 15.8. The van der Waals surface area contributed by atoms with Crippen LogP contribution in [-0.2, 0) is 24.8 Å². The Kier molecular flexibility index (Phi) is 6.60. The first-order valence-corrected chi connectivity index (χ1v) is 10.1. The molecule has 0 spiro atoms. The second-order valence-electron chi connectivity index (χ2n) is 6.65. The fraction of sp³-hybridized carbons (Fsp3) is 0.304. The van der Waals surface area contributed by atoms with Crippen LogP contribution < -0.4 is 0 Å². The smallest absolute Gasteiger partial charge is 0.325 e. The SMILES string of the molecule is CCOC(=O)CN1C(=O)C(CCCl)=C(C)OC1(c1ccccc1)c1ccccc1. The van der Waals surface area contributed by atoms with E-state index in [1.54, 1.807) is 13.8 Å². The predicted octanol–water partition coefficient (Wildman–Crippen LogP) is 4.21. The first kappa shape index (κ1) is 20.9. The summed E-state index contributed by atoms with van der Waals surface area (Å²) in [5, 5.41) is 0. The number of allylic oxidation sites excluding steroid dienone is 1. The fourth-order valence-corrected chi connectivity index (χ4v) is 3.80. The minimum absolute atomic E-state index is 0.231. The molecule has 0 N–H and O–H groups in total. The van der Waals surface area contributed by atoms with Gasteiger partial charge in [0.15, 0.2) is 0 Å². The summed E-state index contributed by atoms with van der Waals surface area (Å²) in [5.74, 6) is 0.00249. The highest BCUT2D eigenvalue weighted by Gasteiger charge is 2.50. The average Bonchev–Trinajstić information content (AvgIpc) is 2.74. The maximum absolute atomic E-state index is 13.5. The van der Waals surface area contributed by atoms with Crippen molar-refractivity contribution in [2.45, 2.75) is 26.0 Å². The minimum atomic E-state index is -1.29. The molecule has 3 rings (SSSR count). The van der Waals surface area contributed by atoms with E-state index in [1.807, 2.05) is 60.7 Å². The third-order valence-electron chi connectivity index (χ3n) is 4.88. The van der Waals surface area contributed by atoms with Crippen LogP contribution in [0.4, 0.5) is 0 Å². The van der Waals surface area contributed by atoms with E-state index in [-0.39, 0.29) is 24.9 Å². The molecule has 6 heteroatoms. The molecule has 29 heavy (non-hydrogen) atoms. The van der Waals surface area contributed by atoms with E-state index in [4.69, 9.17) is 21.1 Å². The van der Waals surface area contributed by atoms with E-state index in [0.717, 1.165) is 11.1 Å². The summed E-state index contributed by atoms with van der Waals surface area (Å²) < 4.78 is 11.6. The second-order valence-corrected chi connectivity index (χ2v) is 7.03. The standard InChI is InChI=1S/C23H24ClNO4/c1-3-28-21(26)16-25-22(27)20(14-15-24)17(2)29-23(25,18-10-6-4-7-11-18)19-12-8-5-9-13-19/h4-13H,3,14-16H2,1-2H3. The zero-order valence-corrected chi connectivity index (χ0v) is 17.3. The Morgan fingerprint density at radius 2 is 1.62 bits per heavy atom. The van der Waals surface area contributed by atoms with Crippen molar-refractivity contribution >= 4 is 23.5 Å². The molecule has 0 unspecified atom stereocenters. The third-order valence-corrected chi connectivity index (χ3v) is 5.07. The second kappa shape index (κ2) is 9.14. The van der Waals surface area contributed by atoms with Gasteiger partial charge in [0.05, 0.1) is 12.2 Å². The summed E-state index contributed by atoms with van der Waals surface area (Å²) in [7, 11) is 0. The molecule has 152 valence electrons. The predicted molar refractivity (Wildman–Crippen MR) is 111 cm³/mol. The maximum Gasteiger partial charge on any atom is 0.325 e. The number of esters is 1. The van der Waals surface area contributed by atoms with Crippen LogP contribution in [0.1, 0.15) is 31.4 Å². The zero-order chi connectivity index (χ0) is 20.9. The van der Waals surface area contributed by atoms with Gasteiger partial charge < -0.3 is 9.47 Å². The average molecular weight is 414 g/mol. The van der Waals surface area contributed by atoms with Gasteiger partial charge in [-0.15, -0.1) is 11.6 Å². The van der Waals surface area contributed by atoms with Gasteiger partial charge in [-0.3, -0.25) is 14.5 Å². The van der Waals surface area contributed by atoms with E-state index < -0.39 is 11.7 Å². The van der Waals surface area contributed by atoms with Crippen molar-refractivity contribution < 1.29 is 19.1 Å². The molecule has 0 atom stereocenters. The summed E-state index contributed by atoms with van der Waals surface area (Å²) in [5.41, 5.74) is 0.666. The van der Waals surface area contributed by atoms with Crippen LogP contribution in [0.2, 0.25) is 0 Å². The van der Waals surface area contributed by atoms with Crippen LogP contribution in [0.3, 0.4) is 0 Å². The van der Waals surface area contributed by atoms with Crippen molar-refractivity contribution in [3.8, 4) is 0 Å². The molecule has 0 radical (unpaired) electrons. The number of nitrogens with zero attached hydrogens (tertiary/aromatic N) is 1. The van der Waals surface area contributed by atoms with Crippen LogP contribution in [-0.4, -0.2) is 35.8 Å². The van der Waals surface area contributed by atoms with Gasteiger partial charge >= 0.3 is 5.97 Å². The number of halogens is 1. The van der Waals surface area contributed by atoms with E-state index in [1.165, 1.54) is 4.90 Å². The summed E-state index contributed by atoms with van der Waals surface area (Å²) >= 11 is 5.92. The van der Waals surface area contributed by atoms with Gasteiger partial charge in [-0.1, -0.05) is 60.7 Å². The number of ether oxygens (including phenoxy) is 2. The Balaban J connectivity index is 2.24. The molecule has 0 saturated heterocycles. The van der Waals surface area contributed by atoms with Gasteiger partial charge in [0.2, 0.25) is 5.72 Å². The summed E-state index contributed by atoms with van der Waals surface area (Å²) in [6.07, 6.45) is 0.352. The van der Waals surface area contributed by atoms with Crippen molar-refractivity contribution in [3.63, 3.8) is 0 Å². The molecule has 0 aromatic heterocycles. The number of carbonyl (C=O) groups excluding carboxylic acids is 2. The van der Waals surface area contributed by atoms with Crippen molar-refractivity contribution in [2.24, 2.45) is 0 Å². The van der Waals surface area contributed by atoms with Gasteiger partial charge in [0.1, 0.15) is 12.3 Å².